The third-order valence-electron chi connectivity index (χ3n) is 4.69. The number of alkyl halides is 2. The number of rotatable bonds is 5. The second kappa shape index (κ2) is 7.25. The molecule has 0 spiro atoms. The number of anilines is 1. The summed E-state index contributed by atoms with van der Waals surface area (Å²) in [5.74, 6) is -1.64. The maximum atomic E-state index is 14.6. The first-order chi connectivity index (χ1) is 14.3. The number of nitrogens with zero attached hydrogens (tertiary/aromatic N) is 5. The van der Waals surface area contributed by atoms with E-state index in [1.807, 2.05) is 0 Å². The molecular weight excluding hydrogens is 401 g/mol. The van der Waals surface area contributed by atoms with Gasteiger partial charge in [0.1, 0.15) is 29.4 Å². The number of aromatic nitrogens is 5. The van der Waals surface area contributed by atoms with Gasteiger partial charge in [-0.3, -0.25) is 4.40 Å². The van der Waals surface area contributed by atoms with Crippen molar-refractivity contribution in [3.05, 3.63) is 58.9 Å². The molecule has 0 aliphatic carbocycles. The van der Waals surface area contributed by atoms with Crippen molar-refractivity contribution in [3.63, 3.8) is 0 Å². The van der Waals surface area contributed by atoms with Crippen LogP contribution in [0.2, 0.25) is 0 Å². The van der Waals surface area contributed by atoms with Gasteiger partial charge in [0.05, 0.1) is 17.0 Å². The highest BCUT2D eigenvalue weighted by Gasteiger charge is 2.22. The van der Waals surface area contributed by atoms with Gasteiger partial charge in [-0.15, -0.1) is 10.2 Å². The lowest BCUT2D eigenvalue weighted by molar-refractivity contribution is 0.0698. The second-order valence-electron chi connectivity index (χ2n) is 6.66. The van der Waals surface area contributed by atoms with Crippen molar-refractivity contribution in [1.82, 2.24) is 24.6 Å². The van der Waals surface area contributed by atoms with Crippen LogP contribution in [0.1, 0.15) is 46.7 Å². The predicted molar refractivity (Wildman–Crippen MR) is 101 cm³/mol. The lowest BCUT2D eigenvalue weighted by Gasteiger charge is -2.19. The van der Waals surface area contributed by atoms with Gasteiger partial charge in [-0.1, -0.05) is 18.2 Å². The van der Waals surface area contributed by atoms with Crippen LogP contribution in [0.3, 0.4) is 0 Å². The van der Waals surface area contributed by atoms with Gasteiger partial charge in [0.25, 0.3) is 6.43 Å². The molecule has 30 heavy (non-hydrogen) atoms. The number of aromatic carboxylic acids is 1. The molecular formula is C19H15F3N6O2. The number of pyridine rings is 1. The highest BCUT2D eigenvalue weighted by Crippen LogP contribution is 2.31. The van der Waals surface area contributed by atoms with E-state index in [1.165, 1.54) is 28.9 Å². The van der Waals surface area contributed by atoms with E-state index in [0.717, 1.165) is 6.07 Å². The molecule has 4 aromatic rings. The van der Waals surface area contributed by atoms with Crippen LogP contribution in [0.4, 0.5) is 19.0 Å². The maximum Gasteiger partial charge on any atom is 0.339 e. The third-order valence-corrected chi connectivity index (χ3v) is 4.69. The first-order valence-corrected chi connectivity index (χ1v) is 8.85. The van der Waals surface area contributed by atoms with E-state index in [1.54, 1.807) is 13.8 Å². The van der Waals surface area contributed by atoms with Gasteiger partial charge in [-0.25, -0.2) is 27.9 Å². The lowest BCUT2D eigenvalue weighted by atomic mass is 10.0. The van der Waals surface area contributed by atoms with Gasteiger partial charge in [0, 0.05) is 5.56 Å². The molecule has 4 rings (SSSR count). The molecule has 0 fully saturated rings. The summed E-state index contributed by atoms with van der Waals surface area (Å²) in [6, 6.07) is 4.39. The average molecular weight is 416 g/mol. The fourth-order valence-corrected chi connectivity index (χ4v) is 3.29. The Balaban J connectivity index is 1.86. The molecule has 0 radical (unpaired) electrons. The highest BCUT2D eigenvalue weighted by atomic mass is 19.3. The zero-order chi connectivity index (χ0) is 21.6. The van der Waals surface area contributed by atoms with Crippen molar-refractivity contribution in [3.8, 4) is 0 Å². The molecule has 0 aliphatic rings. The number of hydrogen-bond donors (Lipinski definition) is 2. The average Bonchev–Trinajstić information content (AvgIpc) is 3.17. The van der Waals surface area contributed by atoms with Gasteiger partial charge >= 0.3 is 5.97 Å². The molecule has 0 unspecified atom stereocenters. The van der Waals surface area contributed by atoms with E-state index in [4.69, 9.17) is 0 Å². The minimum Gasteiger partial charge on any atom is -0.478 e. The van der Waals surface area contributed by atoms with Crippen molar-refractivity contribution >= 4 is 28.5 Å². The normalized spacial score (nSPS) is 12.6. The lowest BCUT2D eigenvalue weighted by Crippen LogP contribution is -2.13. The quantitative estimate of drug-likeness (QED) is 0.508. The summed E-state index contributed by atoms with van der Waals surface area (Å²) in [4.78, 5) is 20.3. The van der Waals surface area contributed by atoms with Crippen LogP contribution < -0.4 is 5.32 Å². The summed E-state index contributed by atoms with van der Waals surface area (Å²) in [7, 11) is 0. The van der Waals surface area contributed by atoms with E-state index in [2.05, 4.69) is 25.5 Å². The standard InChI is InChI=1S/C19H15F3N6O2/c1-8(10-4-3-5-11(14(10)20)15(21)22)24-16-12-6-13(19(29)30)18-27-23-7-28(18)17(12)26-9(2)25-16/h3-8,15H,1-2H3,(H,29,30)(H,24,25,26)/t8-/m1/s1. The summed E-state index contributed by atoms with van der Waals surface area (Å²) >= 11 is 0. The number of halogens is 3. The van der Waals surface area contributed by atoms with Crippen LogP contribution in [0, 0.1) is 12.7 Å². The fraction of sp³-hybridized carbons (Fsp3) is 0.211. The van der Waals surface area contributed by atoms with E-state index in [0.29, 0.717) is 16.9 Å². The first kappa shape index (κ1) is 19.6. The Morgan fingerprint density at radius 2 is 1.93 bits per heavy atom. The number of benzene rings is 1. The monoisotopic (exact) mass is 416 g/mol. The third kappa shape index (κ3) is 3.17. The second-order valence-corrected chi connectivity index (χ2v) is 6.66. The summed E-state index contributed by atoms with van der Waals surface area (Å²) in [5, 5.41) is 20.4. The Morgan fingerprint density at radius 3 is 2.63 bits per heavy atom. The van der Waals surface area contributed by atoms with Crippen LogP contribution in [-0.2, 0) is 0 Å². The Labute approximate surface area is 167 Å². The zero-order valence-corrected chi connectivity index (χ0v) is 15.8. The molecule has 0 saturated carbocycles. The fourth-order valence-electron chi connectivity index (χ4n) is 3.29. The van der Waals surface area contributed by atoms with Gasteiger partial charge in [-0.05, 0) is 19.9 Å². The van der Waals surface area contributed by atoms with Crippen LogP contribution in [0.15, 0.2) is 30.6 Å². The van der Waals surface area contributed by atoms with Crippen LogP contribution in [0.25, 0.3) is 16.7 Å². The number of carboxylic acid groups (broad SMARTS) is 1. The zero-order valence-electron chi connectivity index (χ0n) is 15.8. The molecule has 2 N–H and O–H groups in total. The molecule has 3 heterocycles. The number of hydrogen-bond acceptors (Lipinski definition) is 6. The highest BCUT2D eigenvalue weighted by molar-refractivity contribution is 6.01. The first-order valence-electron chi connectivity index (χ1n) is 8.85. The van der Waals surface area contributed by atoms with Crippen molar-refractivity contribution in [2.45, 2.75) is 26.3 Å². The summed E-state index contributed by atoms with van der Waals surface area (Å²) in [6.07, 6.45) is -1.62. The molecule has 154 valence electrons. The molecule has 1 atom stereocenters. The molecule has 11 heteroatoms. The van der Waals surface area contributed by atoms with Gasteiger partial charge in [0.2, 0.25) is 0 Å². The van der Waals surface area contributed by atoms with Crippen molar-refractivity contribution in [2.24, 2.45) is 0 Å². The number of aryl methyl sites for hydroxylation is 1. The maximum absolute atomic E-state index is 14.6. The van der Waals surface area contributed by atoms with Crippen molar-refractivity contribution in [2.75, 3.05) is 5.32 Å². The summed E-state index contributed by atoms with van der Waals surface area (Å²) < 4.78 is 42.1. The van der Waals surface area contributed by atoms with Gasteiger partial charge in [0.15, 0.2) is 11.3 Å². The van der Waals surface area contributed by atoms with Crippen LogP contribution in [0.5, 0.6) is 0 Å². The van der Waals surface area contributed by atoms with E-state index >= 15 is 0 Å². The molecule has 1 aromatic carbocycles. The number of fused-ring (bicyclic) bond motifs is 3. The van der Waals surface area contributed by atoms with Crippen molar-refractivity contribution in [1.29, 1.82) is 0 Å². The summed E-state index contributed by atoms with van der Waals surface area (Å²) in [6.45, 7) is 3.22. The smallest absolute Gasteiger partial charge is 0.339 e. The Kier molecular flexibility index (Phi) is 4.72. The van der Waals surface area contributed by atoms with Crippen LogP contribution >= 0.6 is 0 Å². The molecule has 0 aliphatic heterocycles. The minimum absolute atomic E-state index is 0.0287. The topological polar surface area (TPSA) is 105 Å². The Hall–Kier alpha value is -3.76. The molecule has 3 aromatic heterocycles. The number of carbonyl (C=O) groups is 1. The predicted octanol–water partition coefficient (Wildman–Crippen LogP) is 3.93. The minimum atomic E-state index is -2.94. The van der Waals surface area contributed by atoms with Gasteiger partial charge < -0.3 is 10.4 Å². The SMILES string of the molecule is Cc1nc(N[C@H](C)c2cccc(C(F)F)c2F)c2cc(C(=O)O)c3nncn3c2n1. The summed E-state index contributed by atoms with van der Waals surface area (Å²) in [5.41, 5.74) is -0.314. The van der Waals surface area contributed by atoms with E-state index < -0.39 is 29.8 Å². The number of carboxylic acids is 1. The Morgan fingerprint density at radius 1 is 1.20 bits per heavy atom. The number of nitrogens with one attached hydrogen (secondary N) is 1. The molecule has 8 nitrogen and oxygen atoms in total. The van der Waals surface area contributed by atoms with Crippen LogP contribution in [-0.4, -0.2) is 35.6 Å². The Bertz CT molecular complexity index is 1290. The molecule has 0 bridgehead atoms. The van der Waals surface area contributed by atoms with E-state index in [-0.39, 0.29) is 22.6 Å². The molecule has 0 amide bonds. The largest absolute Gasteiger partial charge is 0.478 e. The molecule has 0 saturated heterocycles. The van der Waals surface area contributed by atoms with E-state index in [9.17, 15) is 23.1 Å². The van der Waals surface area contributed by atoms with Crippen molar-refractivity contribution < 1.29 is 23.1 Å². The van der Waals surface area contributed by atoms with Gasteiger partial charge in [-0.2, -0.15) is 0 Å².